The SMILES string of the molecule is NCCN1CCCCC1CNCC1CC1. The maximum atomic E-state index is 5.65. The van der Waals surface area contributed by atoms with E-state index >= 15 is 0 Å². The molecule has 1 aliphatic carbocycles. The highest BCUT2D eigenvalue weighted by Crippen LogP contribution is 2.27. The molecule has 3 N–H and O–H groups in total. The van der Waals surface area contributed by atoms with Crippen LogP contribution in [0.3, 0.4) is 0 Å². The third kappa shape index (κ3) is 3.74. The zero-order valence-electron chi connectivity index (χ0n) is 9.75. The fraction of sp³-hybridized carbons (Fsp3) is 1.00. The van der Waals surface area contributed by atoms with E-state index in [4.69, 9.17) is 5.73 Å². The van der Waals surface area contributed by atoms with Crippen molar-refractivity contribution < 1.29 is 0 Å². The lowest BCUT2D eigenvalue weighted by Crippen LogP contribution is -2.47. The lowest BCUT2D eigenvalue weighted by molar-refractivity contribution is 0.149. The molecule has 15 heavy (non-hydrogen) atoms. The number of hydrogen-bond donors (Lipinski definition) is 2. The van der Waals surface area contributed by atoms with Crippen LogP contribution in [0.2, 0.25) is 0 Å². The molecule has 0 radical (unpaired) electrons. The van der Waals surface area contributed by atoms with Crippen LogP contribution in [-0.2, 0) is 0 Å². The normalized spacial score (nSPS) is 28.2. The Balaban J connectivity index is 1.66. The van der Waals surface area contributed by atoms with Crippen molar-refractivity contribution in [3.63, 3.8) is 0 Å². The Labute approximate surface area is 93.4 Å². The first kappa shape index (κ1) is 11.4. The first-order valence-corrected chi connectivity index (χ1v) is 6.55. The number of rotatable bonds is 6. The summed E-state index contributed by atoms with van der Waals surface area (Å²) in [6.07, 6.45) is 7.02. The minimum atomic E-state index is 0.751. The van der Waals surface area contributed by atoms with Crippen LogP contribution < -0.4 is 11.1 Å². The molecule has 1 heterocycles. The van der Waals surface area contributed by atoms with Crippen molar-refractivity contribution in [1.82, 2.24) is 10.2 Å². The van der Waals surface area contributed by atoms with E-state index in [0.717, 1.165) is 25.0 Å². The van der Waals surface area contributed by atoms with Crippen LogP contribution in [-0.4, -0.2) is 43.7 Å². The number of piperidine rings is 1. The zero-order valence-corrected chi connectivity index (χ0v) is 9.75. The minimum Gasteiger partial charge on any atom is -0.329 e. The second-order valence-electron chi connectivity index (χ2n) is 5.08. The van der Waals surface area contributed by atoms with Crippen molar-refractivity contribution in [2.75, 3.05) is 32.7 Å². The number of nitrogens with two attached hydrogens (primary N) is 1. The van der Waals surface area contributed by atoms with Crippen molar-refractivity contribution in [2.45, 2.75) is 38.1 Å². The summed E-state index contributed by atoms with van der Waals surface area (Å²) in [5.74, 6) is 0.997. The van der Waals surface area contributed by atoms with Gasteiger partial charge in [0, 0.05) is 25.7 Å². The quantitative estimate of drug-likeness (QED) is 0.683. The molecule has 2 fully saturated rings. The minimum absolute atomic E-state index is 0.751. The summed E-state index contributed by atoms with van der Waals surface area (Å²) in [5, 5.41) is 3.62. The van der Waals surface area contributed by atoms with E-state index in [9.17, 15) is 0 Å². The highest BCUT2D eigenvalue weighted by Gasteiger charge is 2.23. The van der Waals surface area contributed by atoms with Gasteiger partial charge in [-0.15, -0.1) is 0 Å². The van der Waals surface area contributed by atoms with Crippen molar-refractivity contribution >= 4 is 0 Å². The zero-order chi connectivity index (χ0) is 10.5. The van der Waals surface area contributed by atoms with Crippen molar-refractivity contribution in [1.29, 1.82) is 0 Å². The molecule has 1 saturated carbocycles. The van der Waals surface area contributed by atoms with Gasteiger partial charge >= 0.3 is 0 Å². The Morgan fingerprint density at radius 1 is 1.13 bits per heavy atom. The molecule has 2 rings (SSSR count). The molecular weight excluding hydrogens is 186 g/mol. The van der Waals surface area contributed by atoms with Crippen molar-refractivity contribution in [3.8, 4) is 0 Å². The number of nitrogens with one attached hydrogen (secondary N) is 1. The summed E-state index contributed by atoms with van der Waals surface area (Å²) in [5.41, 5.74) is 5.65. The van der Waals surface area contributed by atoms with Gasteiger partial charge in [0.2, 0.25) is 0 Å². The van der Waals surface area contributed by atoms with Gasteiger partial charge in [-0.05, 0) is 44.7 Å². The Kier molecular flexibility index (Phi) is 4.42. The van der Waals surface area contributed by atoms with Gasteiger partial charge in [0.15, 0.2) is 0 Å². The van der Waals surface area contributed by atoms with Gasteiger partial charge in [-0.2, -0.15) is 0 Å². The smallest absolute Gasteiger partial charge is 0.0221 e. The molecule has 1 aliphatic heterocycles. The van der Waals surface area contributed by atoms with E-state index in [2.05, 4.69) is 10.2 Å². The molecule has 0 aromatic heterocycles. The van der Waals surface area contributed by atoms with Gasteiger partial charge in [-0.1, -0.05) is 6.42 Å². The molecule has 1 saturated heterocycles. The van der Waals surface area contributed by atoms with Gasteiger partial charge in [0.25, 0.3) is 0 Å². The fourth-order valence-electron chi connectivity index (χ4n) is 2.53. The number of nitrogens with zero attached hydrogens (tertiary/aromatic N) is 1. The van der Waals surface area contributed by atoms with Crippen LogP contribution in [0.5, 0.6) is 0 Å². The maximum Gasteiger partial charge on any atom is 0.0221 e. The molecular formula is C12H25N3. The second kappa shape index (κ2) is 5.83. The van der Waals surface area contributed by atoms with Gasteiger partial charge in [-0.25, -0.2) is 0 Å². The molecule has 1 unspecified atom stereocenters. The van der Waals surface area contributed by atoms with E-state index in [0.29, 0.717) is 0 Å². The summed E-state index contributed by atoms with van der Waals surface area (Å²) in [6, 6.07) is 0.751. The summed E-state index contributed by atoms with van der Waals surface area (Å²) >= 11 is 0. The molecule has 0 bridgehead atoms. The topological polar surface area (TPSA) is 41.3 Å². The standard InChI is InChI=1S/C12H25N3/c13-6-8-15-7-2-1-3-12(15)10-14-9-11-4-5-11/h11-12,14H,1-10,13H2. The van der Waals surface area contributed by atoms with Crippen LogP contribution >= 0.6 is 0 Å². The summed E-state index contributed by atoms with van der Waals surface area (Å²) in [6.45, 7) is 5.56. The van der Waals surface area contributed by atoms with Gasteiger partial charge in [-0.3, -0.25) is 4.90 Å². The molecule has 2 aliphatic rings. The predicted octanol–water partition coefficient (Wildman–Crippen LogP) is 0.799. The van der Waals surface area contributed by atoms with Gasteiger partial charge < -0.3 is 11.1 Å². The number of hydrogen-bond acceptors (Lipinski definition) is 3. The van der Waals surface area contributed by atoms with E-state index in [-0.39, 0.29) is 0 Å². The van der Waals surface area contributed by atoms with Gasteiger partial charge in [0.05, 0.1) is 0 Å². The largest absolute Gasteiger partial charge is 0.329 e. The van der Waals surface area contributed by atoms with Crippen LogP contribution in [0.1, 0.15) is 32.1 Å². The van der Waals surface area contributed by atoms with Crippen LogP contribution in [0.15, 0.2) is 0 Å². The van der Waals surface area contributed by atoms with E-state index in [1.54, 1.807) is 0 Å². The summed E-state index contributed by atoms with van der Waals surface area (Å²) in [4.78, 5) is 2.57. The average Bonchev–Trinajstić information content (AvgIpc) is 3.05. The highest BCUT2D eigenvalue weighted by atomic mass is 15.2. The second-order valence-corrected chi connectivity index (χ2v) is 5.08. The Morgan fingerprint density at radius 2 is 2.00 bits per heavy atom. The summed E-state index contributed by atoms with van der Waals surface area (Å²) < 4.78 is 0. The van der Waals surface area contributed by atoms with E-state index in [1.165, 1.54) is 51.7 Å². The van der Waals surface area contributed by atoms with Crippen LogP contribution in [0.4, 0.5) is 0 Å². The van der Waals surface area contributed by atoms with Crippen LogP contribution in [0.25, 0.3) is 0 Å². The molecule has 0 aromatic carbocycles. The molecule has 1 atom stereocenters. The average molecular weight is 211 g/mol. The third-order valence-corrected chi connectivity index (χ3v) is 3.68. The molecule has 3 nitrogen and oxygen atoms in total. The highest BCUT2D eigenvalue weighted by molar-refractivity contribution is 4.81. The van der Waals surface area contributed by atoms with E-state index < -0.39 is 0 Å². The predicted molar refractivity (Wildman–Crippen MR) is 63.9 cm³/mol. The first-order chi connectivity index (χ1) is 7.40. The molecule has 3 heteroatoms. The summed E-state index contributed by atoms with van der Waals surface area (Å²) in [7, 11) is 0. The molecule has 88 valence electrons. The first-order valence-electron chi connectivity index (χ1n) is 6.55. The Morgan fingerprint density at radius 3 is 2.73 bits per heavy atom. The number of likely N-dealkylation sites (tertiary alicyclic amines) is 1. The molecule has 0 spiro atoms. The van der Waals surface area contributed by atoms with Crippen molar-refractivity contribution in [3.05, 3.63) is 0 Å². The lowest BCUT2D eigenvalue weighted by atomic mass is 10.0. The third-order valence-electron chi connectivity index (χ3n) is 3.68. The lowest BCUT2D eigenvalue weighted by Gasteiger charge is -2.35. The Hall–Kier alpha value is -0.120. The van der Waals surface area contributed by atoms with Crippen molar-refractivity contribution in [2.24, 2.45) is 11.7 Å². The van der Waals surface area contributed by atoms with E-state index in [1.807, 2.05) is 0 Å². The maximum absolute atomic E-state index is 5.65. The monoisotopic (exact) mass is 211 g/mol. The Bertz CT molecular complexity index is 178. The molecule has 0 aromatic rings. The fourth-order valence-corrected chi connectivity index (χ4v) is 2.53. The van der Waals surface area contributed by atoms with Crippen LogP contribution in [0, 0.1) is 5.92 Å². The van der Waals surface area contributed by atoms with Gasteiger partial charge in [0.1, 0.15) is 0 Å². The molecule has 0 amide bonds.